The lowest BCUT2D eigenvalue weighted by Crippen LogP contribution is -2.32. The van der Waals surface area contributed by atoms with Crippen LogP contribution in [0.5, 0.6) is 5.75 Å². The Balaban J connectivity index is 1.60. The second-order valence-electron chi connectivity index (χ2n) is 7.18. The number of fused-ring (bicyclic) bond motifs is 2. The molecule has 1 amide bonds. The van der Waals surface area contributed by atoms with Gasteiger partial charge >= 0.3 is 0 Å². The van der Waals surface area contributed by atoms with Crippen molar-refractivity contribution < 1.29 is 9.53 Å². The molecule has 0 radical (unpaired) electrons. The Hall–Kier alpha value is -3.52. The molecule has 3 heterocycles. The first-order valence-electron chi connectivity index (χ1n) is 10.2. The number of aromatic nitrogens is 3. The Kier molecular flexibility index (Phi) is 4.78. The molecule has 0 bridgehead atoms. The average Bonchev–Trinajstić information content (AvgIpc) is 3.42. The van der Waals surface area contributed by atoms with Gasteiger partial charge in [0.25, 0.3) is 11.5 Å². The van der Waals surface area contributed by atoms with E-state index in [9.17, 15) is 9.59 Å². The fourth-order valence-electron chi connectivity index (χ4n) is 3.74. The Morgan fingerprint density at radius 1 is 1.03 bits per heavy atom. The summed E-state index contributed by atoms with van der Waals surface area (Å²) in [7, 11) is 0. The van der Waals surface area contributed by atoms with Crippen molar-refractivity contribution in [2.75, 3.05) is 18.1 Å². The van der Waals surface area contributed by atoms with Crippen LogP contribution < -0.4 is 19.7 Å². The Morgan fingerprint density at radius 3 is 2.52 bits per heavy atom. The minimum Gasteiger partial charge on any atom is -0.494 e. The van der Waals surface area contributed by atoms with E-state index in [4.69, 9.17) is 4.74 Å². The summed E-state index contributed by atoms with van der Waals surface area (Å²) in [6.45, 7) is 5.18. The number of hydrogen-bond acceptors (Lipinski definition) is 6. The Bertz CT molecular complexity index is 1410. The molecule has 0 N–H and O–H groups in total. The van der Waals surface area contributed by atoms with Crippen LogP contribution >= 0.6 is 11.3 Å². The van der Waals surface area contributed by atoms with E-state index in [0.29, 0.717) is 34.0 Å². The lowest BCUT2D eigenvalue weighted by molar-refractivity contribution is -0.113. The monoisotopic (exact) mass is 432 g/mol. The molecule has 4 aromatic rings. The van der Waals surface area contributed by atoms with Crippen LogP contribution in [0.15, 0.2) is 53.3 Å². The molecule has 31 heavy (non-hydrogen) atoms. The molecule has 7 nitrogen and oxygen atoms in total. The van der Waals surface area contributed by atoms with Crippen LogP contribution in [0.25, 0.3) is 21.9 Å². The van der Waals surface area contributed by atoms with Gasteiger partial charge < -0.3 is 9.64 Å². The summed E-state index contributed by atoms with van der Waals surface area (Å²) >= 11 is 1.20. The summed E-state index contributed by atoms with van der Waals surface area (Å²) in [6.07, 6.45) is 0.942. The van der Waals surface area contributed by atoms with Crippen molar-refractivity contribution in [2.24, 2.45) is 0 Å². The number of carbonyl (C=O) groups is 1. The highest BCUT2D eigenvalue weighted by Gasteiger charge is 2.33. The fourth-order valence-corrected chi connectivity index (χ4v) is 4.74. The Morgan fingerprint density at radius 2 is 1.81 bits per heavy atom. The third-order valence-corrected chi connectivity index (χ3v) is 6.24. The zero-order valence-electron chi connectivity index (χ0n) is 17.2. The van der Waals surface area contributed by atoms with Gasteiger partial charge in [-0.1, -0.05) is 36.5 Å². The maximum absolute atomic E-state index is 13.1. The second kappa shape index (κ2) is 7.63. The lowest BCUT2D eigenvalue weighted by Gasteiger charge is -2.13. The molecule has 1 aliphatic rings. The summed E-state index contributed by atoms with van der Waals surface area (Å²) < 4.78 is 7.27. The normalized spacial score (nSPS) is 15.0. The molecule has 0 atom stereocenters. The standard InChI is InChI=1S/C23H20N4O3S/c1-3-13-30-15-11-9-14(10-12-15)20-24-23-27(25-20)22(29)19(31-23)18-16-7-5-6-8-17(16)26(4-2)21(18)28/h5-12H,3-4,13H2,1-2H3/b19-18-. The number of rotatable bonds is 5. The first-order chi connectivity index (χ1) is 15.1. The van der Waals surface area contributed by atoms with Gasteiger partial charge in [0.2, 0.25) is 4.96 Å². The predicted molar refractivity (Wildman–Crippen MR) is 121 cm³/mol. The third-order valence-electron chi connectivity index (χ3n) is 5.21. The largest absolute Gasteiger partial charge is 0.494 e. The number of carbonyl (C=O) groups excluding carboxylic acids is 1. The van der Waals surface area contributed by atoms with Crippen LogP contribution in [0.4, 0.5) is 5.69 Å². The van der Waals surface area contributed by atoms with Crippen molar-refractivity contribution in [1.82, 2.24) is 14.6 Å². The zero-order valence-corrected chi connectivity index (χ0v) is 18.0. The summed E-state index contributed by atoms with van der Waals surface area (Å²) in [5.74, 6) is 1.09. The number of hydrogen-bond donors (Lipinski definition) is 0. The molecular weight excluding hydrogens is 412 g/mol. The molecule has 0 fully saturated rings. The molecule has 0 aliphatic carbocycles. The summed E-state index contributed by atoms with van der Waals surface area (Å²) in [4.78, 5) is 32.9. The highest BCUT2D eigenvalue weighted by atomic mass is 32.1. The van der Waals surface area contributed by atoms with Gasteiger partial charge in [-0.2, -0.15) is 9.50 Å². The van der Waals surface area contributed by atoms with E-state index < -0.39 is 0 Å². The van der Waals surface area contributed by atoms with Gasteiger partial charge in [0.05, 0.1) is 17.9 Å². The lowest BCUT2D eigenvalue weighted by atomic mass is 10.1. The number of thiazole rings is 1. The van der Waals surface area contributed by atoms with E-state index in [-0.39, 0.29) is 11.5 Å². The average molecular weight is 433 g/mol. The minimum atomic E-state index is -0.322. The maximum atomic E-state index is 13.1. The molecule has 8 heteroatoms. The number of benzene rings is 2. The number of ether oxygens (including phenoxy) is 1. The second-order valence-corrected chi connectivity index (χ2v) is 8.16. The molecule has 1 aliphatic heterocycles. The quantitative estimate of drug-likeness (QED) is 0.485. The van der Waals surface area contributed by atoms with Crippen molar-refractivity contribution in [3.8, 4) is 17.1 Å². The SMILES string of the molecule is CCCOc1ccc(-c2nc3s/c(=C4\C(=O)N(CC)c5ccccc54)c(=O)n3n2)cc1. The number of likely N-dealkylation sites (N-methyl/N-ethyl adjacent to an activating group) is 1. The van der Waals surface area contributed by atoms with Crippen LogP contribution in [0.2, 0.25) is 0 Å². The van der Waals surface area contributed by atoms with Crippen molar-refractivity contribution in [3.63, 3.8) is 0 Å². The minimum absolute atomic E-state index is 0.159. The van der Waals surface area contributed by atoms with E-state index in [0.717, 1.165) is 29.0 Å². The summed E-state index contributed by atoms with van der Waals surface area (Å²) in [6, 6.07) is 15.0. The summed E-state index contributed by atoms with van der Waals surface area (Å²) in [5, 5.41) is 4.41. The van der Waals surface area contributed by atoms with Crippen LogP contribution in [0, 0.1) is 0 Å². The van der Waals surface area contributed by atoms with Crippen LogP contribution in [-0.2, 0) is 4.79 Å². The fraction of sp³-hybridized carbons (Fsp3) is 0.217. The molecule has 5 rings (SSSR count). The van der Waals surface area contributed by atoms with E-state index in [1.165, 1.54) is 15.9 Å². The first kappa shape index (κ1) is 19.4. The van der Waals surface area contributed by atoms with Gasteiger partial charge in [0.1, 0.15) is 10.3 Å². The highest BCUT2D eigenvalue weighted by molar-refractivity contribution is 7.15. The van der Waals surface area contributed by atoms with E-state index in [1.807, 2.05) is 55.5 Å². The smallest absolute Gasteiger partial charge is 0.291 e. The molecule has 2 aromatic carbocycles. The van der Waals surface area contributed by atoms with Gasteiger partial charge in [-0.05, 0) is 43.7 Å². The van der Waals surface area contributed by atoms with E-state index >= 15 is 0 Å². The zero-order chi connectivity index (χ0) is 21.5. The van der Waals surface area contributed by atoms with Gasteiger partial charge in [-0.3, -0.25) is 9.59 Å². The van der Waals surface area contributed by atoms with Crippen molar-refractivity contribution in [3.05, 3.63) is 69.0 Å². The van der Waals surface area contributed by atoms with Crippen molar-refractivity contribution in [2.45, 2.75) is 20.3 Å². The van der Waals surface area contributed by atoms with Gasteiger partial charge in [0.15, 0.2) is 5.82 Å². The molecule has 0 unspecified atom stereocenters. The highest BCUT2D eigenvalue weighted by Crippen LogP contribution is 2.34. The van der Waals surface area contributed by atoms with Gasteiger partial charge in [-0.25, -0.2) is 0 Å². The predicted octanol–water partition coefficient (Wildman–Crippen LogP) is 2.89. The van der Waals surface area contributed by atoms with E-state index in [1.54, 1.807) is 4.90 Å². The maximum Gasteiger partial charge on any atom is 0.291 e. The number of amides is 1. The van der Waals surface area contributed by atoms with Crippen LogP contribution in [-0.4, -0.2) is 33.7 Å². The third kappa shape index (κ3) is 3.11. The molecule has 156 valence electrons. The summed E-state index contributed by atoms with van der Waals surface area (Å²) in [5.41, 5.74) is 2.51. The van der Waals surface area contributed by atoms with E-state index in [2.05, 4.69) is 17.0 Å². The molecule has 0 spiro atoms. The molecule has 0 saturated carbocycles. The van der Waals surface area contributed by atoms with Crippen molar-refractivity contribution >= 4 is 33.5 Å². The molecule has 0 saturated heterocycles. The molecular formula is C23H20N4O3S. The number of anilines is 1. The van der Waals surface area contributed by atoms with Crippen molar-refractivity contribution in [1.29, 1.82) is 0 Å². The topological polar surface area (TPSA) is 76.8 Å². The van der Waals surface area contributed by atoms with Gasteiger partial charge in [-0.15, -0.1) is 5.10 Å². The number of nitrogens with zero attached hydrogens (tertiary/aromatic N) is 4. The Labute approximate surface area is 182 Å². The van der Waals surface area contributed by atoms with Crippen LogP contribution in [0.3, 0.4) is 0 Å². The van der Waals surface area contributed by atoms with Gasteiger partial charge in [0, 0.05) is 17.7 Å². The number of para-hydroxylation sites is 1. The van der Waals surface area contributed by atoms with Crippen LogP contribution in [0.1, 0.15) is 25.8 Å². The molecule has 2 aromatic heterocycles. The first-order valence-corrected chi connectivity index (χ1v) is 11.0.